The number of hydrogen-bond acceptors (Lipinski definition) is 2. The normalized spacial score (nSPS) is 21.1. The van der Waals surface area contributed by atoms with Crippen molar-refractivity contribution in [3.05, 3.63) is 35.4 Å². The van der Waals surface area contributed by atoms with Crippen molar-refractivity contribution in [3.8, 4) is 0 Å². The van der Waals surface area contributed by atoms with Crippen molar-refractivity contribution >= 4 is 5.78 Å². The van der Waals surface area contributed by atoms with Crippen LogP contribution in [-0.4, -0.2) is 18.5 Å². The Hall–Kier alpha value is -1.15. The Balaban J connectivity index is 2.28. The molecule has 2 rings (SSSR count). The molecule has 0 aromatic heterocycles. The molecule has 1 aromatic rings. The number of methoxy groups -OCH3 is 1. The van der Waals surface area contributed by atoms with Gasteiger partial charge in [-0.05, 0) is 43.6 Å². The molecule has 0 N–H and O–H groups in total. The molecule has 19 heavy (non-hydrogen) atoms. The molecule has 104 valence electrons. The van der Waals surface area contributed by atoms with Gasteiger partial charge in [0.1, 0.15) is 5.60 Å². The zero-order valence-corrected chi connectivity index (χ0v) is 12.5. The summed E-state index contributed by atoms with van der Waals surface area (Å²) < 4.78 is 5.69. The fourth-order valence-corrected chi connectivity index (χ4v) is 2.93. The Morgan fingerprint density at radius 3 is 2.21 bits per heavy atom. The van der Waals surface area contributed by atoms with E-state index >= 15 is 0 Å². The van der Waals surface area contributed by atoms with Gasteiger partial charge < -0.3 is 4.74 Å². The smallest absolute Gasteiger partial charge is 0.194 e. The first-order valence-corrected chi connectivity index (χ1v) is 7.06. The number of Topliss-reactive ketones (excluding diaryl/α,β-unsaturated/α-hetero) is 1. The van der Waals surface area contributed by atoms with Crippen molar-refractivity contribution in [1.82, 2.24) is 0 Å². The molecule has 1 aliphatic carbocycles. The summed E-state index contributed by atoms with van der Waals surface area (Å²) in [7, 11) is 1.68. The monoisotopic (exact) mass is 260 g/mol. The molecule has 0 unspecified atom stereocenters. The molecule has 0 aliphatic heterocycles. The van der Waals surface area contributed by atoms with Gasteiger partial charge >= 0.3 is 0 Å². The van der Waals surface area contributed by atoms with Crippen molar-refractivity contribution in [1.29, 1.82) is 0 Å². The van der Waals surface area contributed by atoms with E-state index in [1.807, 2.05) is 31.2 Å². The summed E-state index contributed by atoms with van der Waals surface area (Å²) in [5, 5.41) is 0. The second kappa shape index (κ2) is 5.09. The van der Waals surface area contributed by atoms with E-state index in [1.165, 1.54) is 0 Å². The summed E-state index contributed by atoms with van der Waals surface area (Å²) in [4.78, 5) is 12.9. The Morgan fingerprint density at radius 2 is 1.68 bits per heavy atom. The maximum absolute atomic E-state index is 12.9. The first-order chi connectivity index (χ1) is 8.90. The van der Waals surface area contributed by atoms with Crippen molar-refractivity contribution in [2.75, 3.05) is 7.11 Å². The van der Waals surface area contributed by atoms with Gasteiger partial charge in [-0.1, -0.05) is 38.1 Å². The molecular formula is C17H24O2. The quantitative estimate of drug-likeness (QED) is 0.763. The Bertz CT molecular complexity index is 464. The van der Waals surface area contributed by atoms with Gasteiger partial charge in [0, 0.05) is 12.7 Å². The van der Waals surface area contributed by atoms with Crippen LogP contribution in [0.5, 0.6) is 0 Å². The minimum atomic E-state index is -0.609. The van der Waals surface area contributed by atoms with Crippen LogP contribution >= 0.6 is 0 Å². The lowest BCUT2D eigenvalue weighted by atomic mass is 9.68. The predicted molar refractivity (Wildman–Crippen MR) is 77.5 cm³/mol. The molecule has 0 heterocycles. The Morgan fingerprint density at radius 1 is 1.11 bits per heavy atom. The number of ketones is 1. The van der Waals surface area contributed by atoms with Crippen LogP contribution in [0, 0.1) is 12.3 Å². The average molecular weight is 260 g/mol. The molecule has 2 heteroatoms. The standard InChI is InChI=1S/C17H24O2/c1-13-7-5-6-8-14(13)15(18)17(19-4)11-9-16(2,3)10-12-17/h5-8H,9-12H2,1-4H3. The maximum atomic E-state index is 12.9. The molecule has 1 aliphatic rings. The second-order valence-electron chi connectivity index (χ2n) is 6.51. The van der Waals surface area contributed by atoms with Crippen LogP contribution in [0.2, 0.25) is 0 Å². The lowest BCUT2D eigenvalue weighted by Crippen LogP contribution is -2.45. The zero-order chi connectivity index (χ0) is 14.1. The summed E-state index contributed by atoms with van der Waals surface area (Å²) in [6.07, 6.45) is 3.73. The largest absolute Gasteiger partial charge is 0.370 e. The van der Waals surface area contributed by atoms with Crippen molar-refractivity contribution in [2.45, 2.75) is 52.1 Å². The number of hydrogen-bond donors (Lipinski definition) is 0. The lowest BCUT2D eigenvalue weighted by Gasteiger charge is -2.41. The summed E-state index contributed by atoms with van der Waals surface area (Å²) in [5.41, 5.74) is 1.56. The molecule has 0 radical (unpaired) electrons. The fraction of sp³-hybridized carbons (Fsp3) is 0.588. The SMILES string of the molecule is COC1(C(=O)c2ccccc2C)CCC(C)(C)CC1. The summed E-state index contributed by atoms with van der Waals surface area (Å²) in [6.45, 7) is 6.53. The maximum Gasteiger partial charge on any atom is 0.194 e. The number of carbonyl (C=O) groups is 1. The van der Waals surface area contributed by atoms with E-state index in [0.717, 1.165) is 36.8 Å². The molecule has 1 saturated carbocycles. The number of carbonyl (C=O) groups excluding carboxylic acids is 1. The molecule has 1 fully saturated rings. The van der Waals surface area contributed by atoms with Crippen molar-refractivity contribution in [2.24, 2.45) is 5.41 Å². The molecule has 1 aromatic carbocycles. The average Bonchev–Trinajstić information content (AvgIpc) is 2.39. The van der Waals surface area contributed by atoms with E-state index in [4.69, 9.17) is 4.74 Å². The third-order valence-corrected chi connectivity index (χ3v) is 4.61. The van der Waals surface area contributed by atoms with E-state index in [-0.39, 0.29) is 5.78 Å². The first kappa shape index (κ1) is 14.3. The van der Waals surface area contributed by atoms with Crippen LogP contribution in [-0.2, 0) is 4.74 Å². The third kappa shape index (κ3) is 2.74. The topological polar surface area (TPSA) is 26.3 Å². The fourth-order valence-electron chi connectivity index (χ4n) is 2.93. The van der Waals surface area contributed by atoms with E-state index in [0.29, 0.717) is 5.41 Å². The summed E-state index contributed by atoms with van der Waals surface area (Å²) in [6, 6.07) is 7.80. The summed E-state index contributed by atoms with van der Waals surface area (Å²) >= 11 is 0. The van der Waals surface area contributed by atoms with Crippen LogP contribution in [0.4, 0.5) is 0 Å². The van der Waals surface area contributed by atoms with E-state index in [1.54, 1.807) is 7.11 Å². The van der Waals surface area contributed by atoms with Gasteiger partial charge in [0.2, 0.25) is 0 Å². The lowest BCUT2D eigenvalue weighted by molar-refractivity contribution is -0.0383. The molecule has 0 atom stereocenters. The van der Waals surface area contributed by atoms with Gasteiger partial charge in [-0.2, -0.15) is 0 Å². The van der Waals surface area contributed by atoms with Crippen molar-refractivity contribution < 1.29 is 9.53 Å². The highest BCUT2D eigenvalue weighted by atomic mass is 16.5. The minimum Gasteiger partial charge on any atom is -0.370 e. The Kier molecular flexibility index (Phi) is 3.82. The molecule has 2 nitrogen and oxygen atoms in total. The minimum absolute atomic E-state index is 0.156. The summed E-state index contributed by atoms with van der Waals surface area (Å²) in [5.74, 6) is 0.156. The first-order valence-electron chi connectivity index (χ1n) is 7.06. The number of ether oxygens (including phenoxy) is 1. The molecular weight excluding hydrogens is 236 g/mol. The van der Waals surface area contributed by atoms with Gasteiger partial charge in [0.05, 0.1) is 0 Å². The zero-order valence-electron chi connectivity index (χ0n) is 12.5. The highest BCUT2D eigenvalue weighted by Gasteiger charge is 2.44. The predicted octanol–water partition coefficient (Wildman–Crippen LogP) is 4.16. The number of benzene rings is 1. The van der Waals surface area contributed by atoms with E-state index in [9.17, 15) is 4.79 Å². The van der Waals surface area contributed by atoms with Crippen LogP contribution in [0.15, 0.2) is 24.3 Å². The van der Waals surface area contributed by atoms with Crippen LogP contribution in [0.3, 0.4) is 0 Å². The van der Waals surface area contributed by atoms with Gasteiger partial charge in [-0.25, -0.2) is 0 Å². The second-order valence-corrected chi connectivity index (χ2v) is 6.51. The third-order valence-electron chi connectivity index (χ3n) is 4.61. The van der Waals surface area contributed by atoms with Gasteiger partial charge in [0.15, 0.2) is 5.78 Å². The number of aryl methyl sites for hydroxylation is 1. The van der Waals surface area contributed by atoms with Gasteiger partial charge in [-0.3, -0.25) is 4.79 Å². The van der Waals surface area contributed by atoms with Crippen LogP contribution in [0.1, 0.15) is 55.5 Å². The van der Waals surface area contributed by atoms with Crippen LogP contribution in [0.25, 0.3) is 0 Å². The van der Waals surface area contributed by atoms with Gasteiger partial charge in [0.25, 0.3) is 0 Å². The molecule has 0 spiro atoms. The van der Waals surface area contributed by atoms with E-state index in [2.05, 4.69) is 13.8 Å². The Labute approximate surface area is 116 Å². The molecule has 0 saturated heterocycles. The van der Waals surface area contributed by atoms with Gasteiger partial charge in [-0.15, -0.1) is 0 Å². The molecule has 0 amide bonds. The number of rotatable bonds is 3. The van der Waals surface area contributed by atoms with E-state index < -0.39 is 5.60 Å². The van der Waals surface area contributed by atoms with Crippen molar-refractivity contribution in [3.63, 3.8) is 0 Å². The van der Waals surface area contributed by atoms with Crippen LogP contribution < -0.4 is 0 Å². The highest BCUT2D eigenvalue weighted by Crippen LogP contribution is 2.43. The highest BCUT2D eigenvalue weighted by molar-refractivity contribution is 6.03. The molecule has 0 bridgehead atoms.